The van der Waals surface area contributed by atoms with Crippen molar-refractivity contribution in [1.29, 1.82) is 0 Å². The summed E-state index contributed by atoms with van der Waals surface area (Å²) >= 11 is 0. The zero-order valence-electron chi connectivity index (χ0n) is 15.3. The Balaban J connectivity index is 1.96. The Morgan fingerprint density at radius 3 is 2.52 bits per heavy atom. The van der Waals surface area contributed by atoms with Crippen molar-refractivity contribution in [2.45, 2.75) is 48.2 Å². The summed E-state index contributed by atoms with van der Waals surface area (Å²) in [6.45, 7) is 3.95. The molecular formula is C20H23NO5S. The number of sulfone groups is 1. The molecule has 7 heteroatoms. The lowest BCUT2D eigenvalue weighted by atomic mass is 9.84. The third kappa shape index (κ3) is 3.90. The predicted molar refractivity (Wildman–Crippen MR) is 101 cm³/mol. The number of benzene rings is 2. The second kappa shape index (κ2) is 7.42. The zero-order chi connectivity index (χ0) is 19.7. The van der Waals surface area contributed by atoms with Gasteiger partial charge in [-0.25, -0.2) is 8.42 Å². The number of hydrogen-bond donors (Lipinski definition) is 2. The summed E-state index contributed by atoms with van der Waals surface area (Å²) in [5.41, 5.74) is 0.521. The van der Waals surface area contributed by atoms with Crippen molar-refractivity contribution in [3.05, 3.63) is 59.7 Å². The van der Waals surface area contributed by atoms with E-state index in [1.54, 1.807) is 37.3 Å². The highest BCUT2D eigenvalue weighted by molar-refractivity contribution is 7.91. The first-order valence-electron chi connectivity index (χ1n) is 8.75. The van der Waals surface area contributed by atoms with Crippen molar-refractivity contribution in [1.82, 2.24) is 0 Å². The number of oxime groups is 1. The van der Waals surface area contributed by atoms with E-state index in [0.717, 1.165) is 0 Å². The van der Waals surface area contributed by atoms with Gasteiger partial charge in [0.25, 0.3) is 0 Å². The van der Waals surface area contributed by atoms with Crippen molar-refractivity contribution < 1.29 is 23.5 Å². The molecule has 1 fully saturated rings. The molecule has 3 rings (SSSR count). The maximum Gasteiger partial charge on any atom is 0.206 e. The lowest BCUT2D eigenvalue weighted by molar-refractivity contribution is -0.101. The molecule has 2 N–H and O–H groups in total. The normalized spacial score (nSPS) is 24.0. The second-order valence-corrected chi connectivity index (χ2v) is 8.86. The summed E-state index contributed by atoms with van der Waals surface area (Å²) in [5.74, 6) is 0. The highest BCUT2D eigenvalue weighted by Crippen LogP contribution is 2.36. The minimum atomic E-state index is -3.73. The van der Waals surface area contributed by atoms with Crippen LogP contribution >= 0.6 is 0 Å². The molecule has 27 heavy (non-hydrogen) atoms. The first kappa shape index (κ1) is 19.5. The van der Waals surface area contributed by atoms with Crippen molar-refractivity contribution >= 4 is 15.5 Å². The van der Waals surface area contributed by atoms with E-state index in [1.807, 2.05) is 6.92 Å². The third-order valence-electron chi connectivity index (χ3n) is 4.96. The van der Waals surface area contributed by atoms with Gasteiger partial charge in [0.1, 0.15) is 0 Å². The maximum absolute atomic E-state index is 13.0. The van der Waals surface area contributed by atoms with Gasteiger partial charge in [0.2, 0.25) is 9.84 Å². The topological polar surface area (TPSA) is 96.2 Å². The minimum Gasteiger partial charge on any atom is -0.411 e. The van der Waals surface area contributed by atoms with Gasteiger partial charge in [-0.1, -0.05) is 29.4 Å². The maximum atomic E-state index is 13.0. The van der Waals surface area contributed by atoms with Crippen LogP contribution in [0.4, 0.5) is 0 Å². The van der Waals surface area contributed by atoms with Crippen LogP contribution in [0.15, 0.2) is 63.5 Å². The molecule has 1 aliphatic rings. The van der Waals surface area contributed by atoms with E-state index >= 15 is 0 Å². The highest BCUT2D eigenvalue weighted by Gasteiger charge is 2.35. The fourth-order valence-corrected chi connectivity index (χ4v) is 4.66. The highest BCUT2D eigenvalue weighted by atomic mass is 32.2. The van der Waals surface area contributed by atoms with Gasteiger partial charge >= 0.3 is 0 Å². The third-order valence-corrected chi connectivity index (χ3v) is 6.72. The predicted octanol–water partition coefficient (Wildman–Crippen LogP) is 3.10. The molecule has 6 nitrogen and oxygen atoms in total. The number of rotatable bonds is 4. The number of nitrogens with zero attached hydrogens (tertiary/aromatic N) is 1. The molecule has 0 aromatic heterocycles. The Morgan fingerprint density at radius 2 is 1.89 bits per heavy atom. The Kier molecular flexibility index (Phi) is 5.37. The van der Waals surface area contributed by atoms with Crippen LogP contribution in [-0.2, 0) is 20.2 Å². The molecule has 1 saturated heterocycles. The molecule has 0 saturated carbocycles. The Hall–Kier alpha value is -2.22. The molecule has 1 heterocycles. The fraction of sp³-hybridized carbons (Fsp3) is 0.350. The van der Waals surface area contributed by atoms with Gasteiger partial charge in [-0.15, -0.1) is 0 Å². The molecule has 2 aromatic rings. The second-order valence-electron chi connectivity index (χ2n) is 6.91. The van der Waals surface area contributed by atoms with E-state index in [2.05, 4.69) is 5.16 Å². The largest absolute Gasteiger partial charge is 0.411 e. The first-order valence-corrected chi connectivity index (χ1v) is 10.2. The first-order chi connectivity index (χ1) is 12.8. The van der Waals surface area contributed by atoms with E-state index in [0.29, 0.717) is 36.3 Å². The molecule has 2 aromatic carbocycles. The smallest absolute Gasteiger partial charge is 0.206 e. The van der Waals surface area contributed by atoms with Gasteiger partial charge in [0, 0.05) is 12.8 Å². The average molecular weight is 389 g/mol. The van der Waals surface area contributed by atoms with Crippen molar-refractivity contribution in [2.75, 3.05) is 6.61 Å². The molecule has 1 aliphatic heterocycles. The van der Waals surface area contributed by atoms with Gasteiger partial charge in [-0.3, -0.25) is 0 Å². The standard InChI is InChI=1S/C20H23NO5S/c1-14-13-20(22,10-11-26-14)17-4-3-5-19(12-17)27(24,25)18-8-6-16(7-9-18)15(2)21-23/h3-9,12,14,22-23H,10-11,13H2,1-2H3/b21-15+/t14-,20+/m0/s1. The van der Waals surface area contributed by atoms with Crippen LogP contribution < -0.4 is 0 Å². The summed E-state index contributed by atoms with van der Waals surface area (Å²) in [7, 11) is -3.73. The van der Waals surface area contributed by atoms with Gasteiger partial charge in [0.05, 0.1) is 33.8 Å². The summed E-state index contributed by atoms with van der Waals surface area (Å²) in [4.78, 5) is 0.273. The number of aliphatic hydroxyl groups is 1. The Morgan fingerprint density at radius 1 is 1.19 bits per heavy atom. The van der Waals surface area contributed by atoms with Crippen LogP contribution in [0.25, 0.3) is 0 Å². The van der Waals surface area contributed by atoms with Crippen LogP contribution in [0.5, 0.6) is 0 Å². The lowest BCUT2D eigenvalue weighted by Crippen LogP contribution is -2.37. The molecule has 0 spiro atoms. The molecule has 0 radical (unpaired) electrons. The van der Waals surface area contributed by atoms with Gasteiger partial charge in [-0.05, 0) is 49.2 Å². The summed E-state index contributed by atoms with van der Waals surface area (Å²) in [6, 6.07) is 12.6. The minimum absolute atomic E-state index is 0.0898. The van der Waals surface area contributed by atoms with Crippen LogP contribution in [0.1, 0.15) is 37.8 Å². The quantitative estimate of drug-likeness (QED) is 0.476. The van der Waals surface area contributed by atoms with Crippen LogP contribution in [0, 0.1) is 0 Å². The monoisotopic (exact) mass is 389 g/mol. The molecule has 2 atom stereocenters. The SMILES string of the molecule is C/C(=N\O)c1ccc(S(=O)(=O)c2cccc([C@@]3(O)CCO[C@@H](C)C3)c2)cc1. The molecule has 144 valence electrons. The van der Waals surface area contributed by atoms with Crippen LogP contribution in [-0.4, -0.2) is 37.2 Å². The van der Waals surface area contributed by atoms with Gasteiger partial charge < -0.3 is 15.1 Å². The van der Waals surface area contributed by atoms with Crippen molar-refractivity contribution in [3.8, 4) is 0 Å². The molecular weight excluding hydrogens is 366 g/mol. The van der Waals surface area contributed by atoms with Gasteiger partial charge in [0.15, 0.2) is 0 Å². The summed E-state index contributed by atoms with van der Waals surface area (Å²) < 4.78 is 31.5. The fourth-order valence-electron chi connectivity index (χ4n) is 3.35. The average Bonchev–Trinajstić information content (AvgIpc) is 2.67. The molecule has 0 aliphatic carbocycles. The van der Waals surface area contributed by atoms with E-state index in [4.69, 9.17) is 9.94 Å². The zero-order valence-corrected chi connectivity index (χ0v) is 16.1. The van der Waals surface area contributed by atoms with E-state index < -0.39 is 15.4 Å². The molecule has 0 amide bonds. The van der Waals surface area contributed by atoms with Crippen LogP contribution in [0.2, 0.25) is 0 Å². The van der Waals surface area contributed by atoms with E-state index in [9.17, 15) is 13.5 Å². The van der Waals surface area contributed by atoms with Crippen molar-refractivity contribution in [2.24, 2.45) is 5.16 Å². The summed E-state index contributed by atoms with van der Waals surface area (Å²) in [5, 5.41) is 22.9. The number of ether oxygens (including phenoxy) is 1. The van der Waals surface area contributed by atoms with E-state index in [-0.39, 0.29) is 15.9 Å². The molecule has 0 bridgehead atoms. The van der Waals surface area contributed by atoms with Crippen LogP contribution in [0.3, 0.4) is 0 Å². The summed E-state index contributed by atoms with van der Waals surface area (Å²) in [6.07, 6.45) is 0.758. The lowest BCUT2D eigenvalue weighted by Gasteiger charge is -2.36. The Bertz CT molecular complexity index is 953. The molecule has 0 unspecified atom stereocenters. The Labute approximate surface area is 159 Å². The van der Waals surface area contributed by atoms with Crippen molar-refractivity contribution in [3.63, 3.8) is 0 Å². The van der Waals surface area contributed by atoms with E-state index in [1.165, 1.54) is 18.2 Å². The number of hydrogen-bond acceptors (Lipinski definition) is 6. The van der Waals surface area contributed by atoms with Gasteiger partial charge in [-0.2, -0.15) is 0 Å².